The van der Waals surface area contributed by atoms with E-state index in [1.54, 1.807) is 18.4 Å². The molecule has 0 aliphatic heterocycles. The molecule has 13 heavy (non-hydrogen) atoms. The van der Waals surface area contributed by atoms with Crippen LogP contribution in [0.3, 0.4) is 0 Å². The highest BCUT2D eigenvalue weighted by Crippen LogP contribution is 2.24. The molecule has 0 fully saturated rings. The van der Waals surface area contributed by atoms with Crippen LogP contribution in [0.4, 0.5) is 0 Å². The summed E-state index contributed by atoms with van der Waals surface area (Å²) >= 11 is 1.63. The third kappa shape index (κ3) is 2.76. The van der Waals surface area contributed by atoms with Crippen LogP contribution in [0.2, 0.25) is 0 Å². The van der Waals surface area contributed by atoms with Gasteiger partial charge in [-0.25, -0.2) is 4.98 Å². The third-order valence-corrected chi connectivity index (χ3v) is 2.88. The van der Waals surface area contributed by atoms with Gasteiger partial charge in [-0.05, 0) is 6.42 Å². The van der Waals surface area contributed by atoms with Gasteiger partial charge in [0, 0.05) is 19.0 Å². The fraction of sp³-hybridized carbons (Fsp3) is 0.667. The van der Waals surface area contributed by atoms with E-state index in [9.17, 15) is 0 Å². The Morgan fingerprint density at radius 3 is 2.92 bits per heavy atom. The second-order valence-corrected chi connectivity index (χ2v) is 3.78. The Morgan fingerprint density at radius 2 is 2.46 bits per heavy atom. The maximum atomic E-state index is 5.48. The molecular formula is C9H16N2OS. The first-order valence-corrected chi connectivity index (χ1v) is 5.37. The fourth-order valence-corrected chi connectivity index (χ4v) is 2.11. The predicted octanol–water partition coefficient (Wildman–Crippen LogP) is 2.09. The second-order valence-electron chi connectivity index (χ2n) is 2.89. The summed E-state index contributed by atoms with van der Waals surface area (Å²) in [7, 11) is 1.73. The van der Waals surface area contributed by atoms with Crippen LogP contribution < -0.4 is 5.73 Å². The Bertz CT molecular complexity index is 250. The minimum atomic E-state index is 0.148. The largest absolute Gasteiger partial charge is 0.374 e. The van der Waals surface area contributed by atoms with Gasteiger partial charge in [0.05, 0.1) is 5.69 Å². The van der Waals surface area contributed by atoms with E-state index in [-0.39, 0.29) is 6.10 Å². The topological polar surface area (TPSA) is 48.1 Å². The minimum absolute atomic E-state index is 0.148. The number of thiazole rings is 1. The average molecular weight is 200 g/mol. The molecule has 0 aromatic carbocycles. The van der Waals surface area contributed by atoms with Gasteiger partial charge in [-0.15, -0.1) is 11.3 Å². The zero-order valence-corrected chi connectivity index (χ0v) is 8.93. The molecule has 3 nitrogen and oxygen atoms in total. The number of nitrogens with two attached hydrogens (primary N) is 1. The third-order valence-electron chi connectivity index (χ3n) is 1.89. The molecule has 0 saturated heterocycles. The summed E-state index contributed by atoms with van der Waals surface area (Å²) in [4.78, 5) is 4.39. The molecule has 0 amide bonds. The van der Waals surface area contributed by atoms with Crippen molar-refractivity contribution < 1.29 is 4.74 Å². The Hall–Kier alpha value is -0.450. The van der Waals surface area contributed by atoms with Crippen LogP contribution in [0.1, 0.15) is 36.6 Å². The number of hydrogen-bond acceptors (Lipinski definition) is 4. The molecule has 0 bridgehead atoms. The van der Waals surface area contributed by atoms with E-state index < -0.39 is 0 Å². The standard InChI is InChI=1S/C9H16N2OS/c1-3-4-8(12-2)9-11-7(5-10)6-13-9/h6,8H,3-5,10H2,1-2H3. The van der Waals surface area contributed by atoms with Gasteiger partial charge in [-0.1, -0.05) is 13.3 Å². The van der Waals surface area contributed by atoms with Gasteiger partial charge in [-0.2, -0.15) is 0 Å². The van der Waals surface area contributed by atoms with Crippen molar-refractivity contribution in [2.24, 2.45) is 5.73 Å². The zero-order chi connectivity index (χ0) is 9.68. The molecule has 0 spiro atoms. The summed E-state index contributed by atoms with van der Waals surface area (Å²) in [5, 5.41) is 3.04. The molecule has 0 saturated carbocycles. The first-order valence-electron chi connectivity index (χ1n) is 4.49. The van der Waals surface area contributed by atoms with Crippen LogP contribution in [-0.4, -0.2) is 12.1 Å². The molecule has 0 aliphatic carbocycles. The van der Waals surface area contributed by atoms with Gasteiger partial charge >= 0.3 is 0 Å². The number of hydrogen-bond donors (Lipinski definition) is 1. The van der Waals surface area contributed by atoms with E-state index in [2.05, 4.69) is 11.9 Å². The van der Waals surface area contributed by atoms with Gasteiger partial charge in [0.1, 0.15) is 11.1 Å². The maximum absolute atomic E-state index is 5.48. The lowest BCUT2D eigenvalue weighted by molar-refractivity contribution is 0.0946. The summed E-state index contributed by atoms with van der Waals surface area (Å²) in [5.74, 6) is 0. The van der Waals surface area contributed by atoms with E-state index in [1.165, 1.54) is 0 Å². The number of aromatic nitrogens is 1. The van der Waals surface area contributed by atoms with Gasteiger partial charge < -0.3 is 10.5 Å². The number of nitrogens with zero attached hydrogens (tertiary/aromatic N) is 1. The summed E-state index contributed by atoms with van der Waals surface area (Å²) in [6, 6.07) is 0. The number of rotatable bonds is 5. The summed E-state index contributed by atoms with van der Waals surface area (Å²) in [6.07, 6.45) is 2.28. The van der Waals surface area contributed by atoms with Gasteiger partial charge in [0.15, 0.2) is 0 Å². The van der Waals surface area contributed by atoms with Crippen molar-refractivity contribution in [1.29, 1.82) is 0 Å². The molecule has 1 aromatic heterocycles. The lowest BCUT2D eigenvalue weighted by Gasteiger charge is -2.10. The molecule has 2 N–H and O–H groups in total. The molecule has 4 heteroatoms. The Labute approximate surface area is 82.9 Å². The highest BCUT2D eigenvalue weighted by molar-refractivity contribution is 7.09. The highest BCUT2D eigenvalue weighted by Gasteiger charge is 2.12. The van der Waals surface area contributed by atoms with Crippen LogP contribution in [0.5, 0.6) is 0 Å². The van der Waals surface area contributed by atoms with Crippen LogP contribution in [0.25, 0.3) is 0 Å². The molecule has 1 rings (SSSR count). The normalized spacial score (nSPS) is 13.2. The first-order chi connectivity index (χ1) is 6.31. The number of ether oxygens (including phenoxy) is 1. The molecule has 1 heterocycles. The maximum Gasteiger partial charge on any atom is 0.122 e. The van der Waals surface area contributed by atoms with Crippen molar-refractivity contribution in [2.75, 3.05) is 7.11 Å². The summed E-state index contributed by atoms with van der Waals surface area (Å²) < 4.78 is 5.34. The molecule has 74 valence electrons. The molecule has 0 radical (unpaired) electrons. The molecule has 1 atom stereocenters. The Balaban J connectivity index is 2.67. The second kappa shape index (κ2) is 5.32. The zero-order valence-electron chi connectivity index (χ0n) is 8.12. The highest BCUT2D eigenvalue weighted by atomic mass is 32.1. The lowest BCUT2D eigenvalue weighted by atomic mass is 10.2. The van der Waals surface area contributed by atoms with Crippen LogP contribution in [0, 0.1) is 0 Å². The van der Waals surface area contributed by atoms with Crippen LogP contribution in [-0.2, 0) is 11.3 Å². The quantitative estimate of drug-likeness (QED) is 0.791. The lowest BCUT2D eigenvalue weighted by Crippen LogP contribution is -2.02. The summed E-state index contributed by atoms with van der Waals surface area (Å²) in [6.45, 7) is 2.66. The van der Waals surface area contributed by atoms with E-state index in [4.69, 9.17) is 10.5 Å². The van der Waals surface area contributed by atoms with Crippen molar-refractivity contribution in [3.8, 4) is 0 Å². The van der Waals surface area contributed by atoms with Crippen molar-refractivity contribution in [3.05, 3.63) is 16.1 Å². The van der Waals surface area contributed by atoms with Crippen molar-refractivity contribution in [2.45, 2.75) is 32.4 Å². The summed E-state index contributed by atoms with van der Waals surface area (Å²) in [5.41, 5.74) is 6.44. The van der Waals surface area contributed by atoms with E-state index in [1.807, 2.05) is 5.38 Å². The van der Waals surface area contributed by atoms with Crippen molar-refractivity contribution in [1.82, 2.24) is 4.98 Å². The monoisotopic (exact) mass is 200 g/mol. The molecule has 1 aromatic rings. The van der Waals surface area contributed by atoms with Crippen molar-refractivity contribution in [3.63, 3.8) is 0 Å². The Kier molecular flexibility index (Phi) is 4.35. The first kappa shape index (κ1) is 10.6. The van der Waals surface area contributed by atoms with Crippen LogP contribution in [0.15, 0.2) is 5.38 Å². The molecule has 1 unspecified atom stereocenters. The van der Waals surface area contributed by atoms with Gasteiger partial charge in [0.2, 0.25) is 0 Å². The van der Waals surface area contributed by atoms with Gasteiger partial charge in [-0.3, -0.25) is 0 Å². The van der Waals surface area contributed by atoms with Crippen LogP contribution >= 0.6 is 11.3 Å². The molecular weight excluding hydrogens is 184 g/mol. The number of methoxy groups -OCH3 is 1. The smallest absolute Gasteiger partial charge is 0.122 e. The molecule has 0 aliphatic rings. The van der Waals surface area contributed by atoms with E-state index >= 15 is 0 Å². The minimum Gasteiger partial charge on any atom is -0.374 e. The van der Waals surface area contributed by atoms with Crippen molar-refractivity contribution >= 4 is 11.3 Å². The Morgan fingerprint density at radius 1 is 1.69 bits per heavy atom. The average Bonchev–Trinajstić information content (AvgIpc) is 2.62. The SMILES string of the molecule is CCCC(OC)c1nc(CN)cs1. The van der Waals surface area contributed by atoms with E-state index in [0.29, 0.717) is 6.54 Å². The van der Waals surface area contributed by atoms with Gasteiger partial charge in [0.25, 0.3) is 0 Å². The van der Waals surface area contributed by atoms with E-state index in [0.717, 1.165) is 23.5 Å². The predicted molar refractivity (Wildman–Crippen MR) is 54.7 cm³/mol. The fourth-order valence-electron chi connectivity index (χ4n) is 1.17.